The minimum atomic E-state index is -4.75. The van der Waals surface area contributed by atoms with Gasteiger partial charge in [-0.2, -0.15) is 4.98 Å². The first kappa shape index (κ1) is 20.9. The number of likely N-dealkylation sites (tertiary alicyclic amines) is 1. The molecule has 162 valence electrons. The number of hydrogen-bond donors (Lipinski definition) is 0. The maximum atomic E-state index is 12.4. The summed E-state index contributed by atoms with van der Waals surface area (Å²) in [4.78, 5) is 18.5. The Kier molecular flexibility index (Phi) is 5.67. The summed E-state index contributed by atoms with van der Waals surface area (Å²) < 4.78 is 46.3. The molecule has 4 rings (SSSR count). The minimum absolute atomic E-state index is 0.0762. The third-order valence-electron chi connectivity index (χ3n) is 5.19. The highest BCUT2D eigenvalue weighted by Gasteiger charge is 2.36. The first-order valence-corrected chi connectivity index (χ1v) is 9.89. The van der Waals surface area contributed by atoms with Gasteiger partial charge in [-0.1, -0.05) is 48.5 Å². The van der Waals surface area contributed by atoms with Crippen LogP contribution >= 0.6 is 0 Å². The summed E-state index contributed by atoms with van der Waals surface area (Å²) in [5, 5.41) is 4.05. The van der Waals surface area contributed by atoms with Gasteiger partial charge in [-0.3, -0.25) is 4.79 Å². The summed E-state index contributed by atoms with van der Waals surface area (Å²) in [6.45, 7) is 2.29. The van der Waals surface area contributed by atoms with Crippen LogP contribution < -0.4 is 4.74 Å². The molecule has 9 heteroatoms. The molecule has 3 aromatic rings. The third-order valence-corrected chi connectivity index (χ3v) is 5.19. The van der Waals surface area contributed by atoms with E-state index in [1.807, 2.05) is 24.3 Å². The minimum Gasteiger partial charge on any atom is -0.406 e. The Bertz CT molecular complexity index is 1050. The van der Waals surface area contributed by atoms with Crippen LogP contribution in [0.15, 0.2) is 53.1 Å². The van der Waals surface area contributed by atoms with Crippen molar-refractivity contribution >= 4 is 5.91 Å². The SMILES string of the molecule is CCc1ccc(-c2noc(C3CCC(=O)N3Cc3ccc(OC(F)(F)F)cc3)n2)cc1. The first-order chi connectivity index (χ1) is 14.8. The average Bonchev–Trinajstić information content (AvgIpc) is 3.36. The molecule has 1 fully saturated rings. The van der Waals surface area contributed by atoms with Gasteiger partial charge in [0.05, 0.1) is 0 Å². The number of carbonyl (C=O) groups excluding carboxylic acids is 1. The number of aromatic nitrogens is 2. The molecule has 1 aromatic heterocycles. The standard InChI is InChI=1S/C22H20F3N3O3/c1-2-14-3-7-16(8-4-14)20-26-21(31-27-20)18-11-12-19(29)28(18)13-15-5-9-17(10-6-15)30-22(23,24)25/h3-10,18H,2,11-13H2,1H3. The van der Waals surface area contributed by atoms with E-state index in [1.165, 1.54) is 29.8 Å². The zero-order valence-electron chi connectivity index (χ0n) is 16.7. The van der Waals surface area contributed by atoms with E-state index in [0.717, 1.165) is 12.0 Å². The molecule has 0 N–H and O–H groups in total. The molecule has 0 saturated carbocycles. The van der Waals surface area contributed by atoms with Crippen molar-refractivity contribution in [3.05, 3.63) is 65.5 Å². The molecule has 0 radical (unpaired) electrons. The molecular weight excluding hydrogens is 411 g/mol. The van der Waals surface area contributed by atoms with Gasteiger partial charge >= 0.3 is 6.36 Å². The molecule has 1 saturated heterocycles. The number of aryl methyl sites for hydroxylation is 1. The van der Waals surface area contributed by atoms with Crippen LogP contribution in [-0.2, 0) is 17.8 Å². The van der Waals surface area contributed by atoms with Gasteiger partial charge in [0.1, 0.15) is 11.8 Å². The van der Waals surface area contributed by atoms with Gasteiger partial charge in [0.2, 0.25) is 17.6 Å². The maximum Gasteiger partial charge on any atom is 0.573 e. The van der Waals surface area contributed by atoms with Crippen LogP contribution in [0.2, 0.25) is 0 Å². The topological polar surface area (TPSA) is 68.5 Å². The van der Waals surface area contributed by atoms with E-state index < -0.39 is 6.36 Å². The van der Waals surface area contributed by atoms with Gasteiger partial charge in [0, 0.05) is 18.5 Å². The second kappa shape index (κ2) is 8.41. The first-order valence-electron chi connectivity index (χ1n) is 9.89. The zero-order valence-corrected chi connectivity index (χ0v) is 16.7. The molecule has 31 heavy (non-hydrogen) atoms. The van der Waals surface area contributed by atoms with Gasteiger partial charge in [0.15, 0.2) is 0 Å². The lowest BCUT2D eigenvalue weighted by molar-refractivity contribution is -0.274. The molecule has 1 aliphatic heterocycles. The summed E-state index contributed by atoms with van der Waals surface area (Å²) in [5.41, 5.74) is 2.69. The number of alkyl halides is 3. The fourth-order valence-corrected chi connectivity index (χ4v) is 3.56. The number of carbonyl (C=O) groups is 1. The Hall–Kier alpha value is -3.36. The van der Waals surface area contributed by atoms with Crippen molar-refractivity contribution in [3.8, 4) is 17.1 Å². The Morgan fingerprint density at radius 3 is 2.42 bits per heavy atom. The maximum absolute atomic E-state index is 12.4. The average molecular weight is 431 g/mol. The van der Waals surface area contributed by atoms with Crippen LogP contribution in [0.1, 0.15) is 42.8 Å². The largest absolute Gasteiger partial charge is 0.573 e. The number of halogens is 3. The molecule has 0 aliphatic carbocycles. The zero-order chi connectivity index (χ0) is 22.0. The number of nitrogens with zero attached hydrogens (tertiary/aromatic N) is 3. The van der Waals surface area contributed by atoms with Crippen molar-refractivity contribution in [2.75, 3.05) is 0 Å². The van der Waals surface area contributed by atoms with E-state index in [0.29, 0.717) is 30.1 Å². The number of amides is 1. The van der Waals surface area contributed by atoms with E-state index in [1.54, 1.807) is 4.90 Å². The highest BCUT2D eigenvalue weighted by Crippen LogP contribution is 2.34. The van der Waals surface area contributed by atoms with E-state index in [2.05, 4.69) is 21.8 Å². The van der Waals surface area contributed by atoms with Crippen LogP contribution in [-0.4, -0.2) is 27.3 Å². The fourth-order valence-electron chi connectivity index (χ4n) is 3.56. The highest BCUT2D eigenvalue weighted by molar-refractivity contribution is 5.78. The lowest BCUT2D eigenvalue weighted by Gasteiger charge is -2.22. The second-order valence-corrected chi connectivity index (χ2v) is 7.27. The molecule has 1 amide bonds. The number of ether oxygens (including phenoxy) is 1. The van der Waals surface area contributed by atoms with Crippen molar-refractivity contribution in [2.24, 2.45) is 0 Å². The lowest BCUT2D eigenvalue weighted by atomic mass is 10.1. The molecule has 0 spiro atoms. The Morgan fingerprint density at radius 2 is 1.77 bits per heavy atom. The van der Waals surface area contributed by atoms with E-state index >= 15 is 0 Å². The Balaban J connectivity index is 1.49. The van der Waals surface area contributed by atoms with Gasteiger partial charge < -0.3 is 14.2 Å². The molecule has 0 bridgehead atoms. The molecule has 6 nitrogen and oxygen atoms in total. The molecule has 1 unspecified atom stereocenters. The summed E-state index contributed by atoms with van der Waals surface area (Å²) in [6, 6.07) is 12.9. The van der Waals surface area contributed by atoms with Crippen molar-refractivity contribution in [1.29, 1.82) is 0 Å². The number of rotatable bonds is 6. The van der Waals surface area contributed by atoms with Crippen molar-refractivity contribution in [3.63, 3.8) is 0 Å². The van der Waals surface area contributed by atoms with Crippen molar-refractivity contribution in [2.45, 2.75) is 45.1 Å². The number of benzene rings is 2. The fraction of sp³-hybridized carbons (Fsp3) is 0.318. The van der Waals surface area contributed by atoms with Crippen LogP contribution in [0, 0.1) is 0 Å². The van der Waals surface area contributed by atoms with Crippen LogP contribution in [0.5, 0.6) is 5.75 Å². The van der Waals surface area contributed by atoms with Gasteiger partial charge in [-0.15, -0.1) is 13.2 Å². The van der Waals surface area contributed by atoms with Gasteiger partial charge in [-0.25, -0.2) is 0 Å². The predicted molar refractivity (Wildman–Crippen MR) is 105 cm³/mol. The Morgan fingerprint density at radius 1 is 1.10 bits per heavy atom. The molecule has 1 aliphatic rings. The van der Waals surface area contributed by atoms with E-state index in [9.17, 15) is 18.0 Å². The van der Waals surface area contributed by atoms with E-state index in [-0.39, 0.29) is 24.2 Å². The normalized spacial score (nSPS) is 16.7. The summed E-state index contributed by atoms with van der Waals surface area (Å²) in [6.07, 6.45) is -2.95. The van der Waals surface area contributed by atoms with Crippen LogP contribution in [0.3, 0.4) is 0 Å². The Labute approximate surface area is 176 Å². The summed E-state index contributed by atoms with van der Waals surface area (Å²) in [5.74, 6) is 0.409. The molecule has 2 heterocycles. The highest BCUT2D eigenvalue weighted by atomic mass is 19.4. The van der Waals surface area contributed by atoms with Gasteiger partial charge in [0.25, 0.3) is 0 Å². The third kappa shape index (κ3) is 4.87. The quantitative estimate of drug-likeness (QED) is 0.546. The molecule has 2 aromatic carbocycles. The van der Waals surface area contributed by atoms with Crippen molar-refractivity contribution < 1.29 is 27.2 Å². The summed E-state index contributed by atoms with van der Waals surface area (Å²) in [7, 11) is 0. The molecular formula is C22H20F3N3O3. The van der Waals surface area contributed by atoms with Crippen LogP contribution in [0.25, 0.3) is 11.4 Å². The molecule has 1 atom stereocenters. The smallest absolute Gasteiger partial charge is 0.406 e. The monoisotopic (exact) mass is 431 g/mol. The van der Waals surface area contributed by atoms with Gasteiger partial charge in [-0.05, 0) is 36.1 Å². The van der Waals surface area contributed by atoms with Crippen molar-refractivity contribution in [1.82, 2.24) is 15.0 Å². The predicted octanol–water partition coefficient (Wildman–Crippen LogP) is 5.06. The van der Waals surface area contributed by atoms with E-state index in [4.69, 9.17) is 4.52 Å². The summed E-state index contributed by atoms with van der Waals surface area (Å²) >= 11 is 0. The van der Waals surface area contributed by atoms with Crippen LogP contribution in [0.4, 0.5) is 13.2 Å². The number of hydrogen-bond acceptors (Lipinski definition) is 5. The second-order valence-electron chi connectivity index (χ2n) is 7.27. The lowest BCUT2D eigenvalue weighted by Crippen LogP contribution is -2.27.